The predicted octanol–water partition coefficient (Wildman–Crippen LogP) is 4.01. The Morgan fingerprint density at radius 2 is 1.80 bits per heavy atom. The summed E-state index contributed by atoms with van der Waals surface area (Å²) in [6.07, 6.45) is 8.18. The minimum atomic E-state index is -0.0529. The van der Waals surface area contributed by atoms with Crippen LogP contribution in [0.15, 0.2) is 18.2 Å². The van der Waals surface area contributed by atoms with Crippen LogP contribution in [0.1, 0.15) is 44.6 Å². The monoisotopic (exact) mass is 434 g/mol. The second-order valence-corrected chi connectivity index (χ2v) is 8.19. The van der Waals surface area contributed by atoms with E-state index in [4.69, 9.17) is 21.1 Å². The quantitative estimate of drug-likeness (QED) is 0.634. The molecule has 2 fully saturated rings. The minimum absolute atomic E-state index is 0.0466. The number of amides is 2. The molecule has 0 aliphatic carbocycles. The van der Waals surface area contributed by atoms with Gasteiger partial charge in [-0.05, 0) is 62.8 Å². The number of piperidine rings is 2. The fraction of sp³-hybridized carbons (Fsp3) is 0.565. The van der Waals surface area contributed by atoms with Crippen molar-refractivity contribution in [2.75, 3.05) is 39.9 Å². The number of hydrogen-bond donors (Lipinski definition) is 0. The molecule has 0 spiro atoms. The fourth-order valence-corrected chi connectivity index (χ4v) is 4.39. The zero-order valence-electron chi connectivity index (χ0n) is 17.9. The SMILES string of the molecule is CCOc1c(Cl)cc(/C=C/C(=O)N2CCC(C(=O)N3CCCCC3)CC2)cc1OC. The molecule has 2 aliphatic heterocycles. The normalized spacial score (nSPS) is 18.0. The third-order valence-electron chi connectivity index (χ3n) is 5.78. The fourth-order valence-electron chi connectivity index (χ4n) is 4.11. The van der Waals surface area contributed by atoms with E-state index in [0.717, 1.165) is 44.3 Å². The summed E-state index contributed by atoms with van der Waals surface area (Å²) in [4.78, 5) is 29.1. The molecule has 0 aromatic heterocycles. The average Bonchev–Trinajstić information content (AvgIpc) is 2.79. The molecule has 2 heterocycles. The number of benzene rings is 1. The van der Waals surface area contributed by atoms with Crippen LogP contribution in [-0.2, 0) is 9.59 Å². The van der Waals surface area contributed by atoms with Gasteiger partial charge in [0.15, 0.2) is 11.5 Å². The van der Waals surface area contributed by atoms with Crippen LogP contribution in [0.2, 0.25) is 5.02 Å². The summed E-state index contributed by atoms with van der Waals surface area (Å²) < 4.78 is 10.9. The highest BCUT2D eigenvalue weighted by molar-refractivity contribution is 6.32. The van der Waals surface area contributed by atoms with Gasteiger partial charge >= 0.3 is 0 Å². The van der Waals surface area contributed by atoms with E-state index in [-0.39, 0.29) is 17.7 Å². The molecule has 164 valence electrons. The van der Waals surface area contributed by atoms with Gasteiger partial charge in [0.2, 0.25) is 11.8 Å². The Morgan fingerprint density at radius 3 is 2.43 bits per heavy atom. The lowest BCUT2D eigenvalue weighted by atomic mass is 9.94. The number of carbonyl (C=O) groups excluding carboxylic acids is 2. The van der Waals surface area contributed by atoms with E-state index in [1.807, 2.05) is 16.7 Å². The molecule has 0 radical (unpaired) electrons. The first kappa shape index (κ1) is 22.5. The van der Waals surface area contributed by atoms with Crippen LogP contribution in [0, 0.1) is 5.92 Å². The summed E-state index contributed by atoms with van der Waals surface area (Å²) in [7, 11) is 1.56. The van der Waals surface area contributed by atoms with Gasteiger partial charge in [0, 0.05) is 38.2 Å². The van der Waals surface area contributed by atoms with Gasteiger partial charge in [-0.25, -0.2) is 0 Å². The summed E-state index contributed by atoms with van der Waals surface area (Å²) in [6.45, 7) is 5.36. The average molecular weight is 435 g/mol. The maximum absolute atomic E-state index is 12.7. The van der Waals surface area contributed by atoms with Crippen molar-refractivity contribution in [2.45, 2.75) is 39.0 Å². The molecule has 30 heavy (non-hydrogen) atoms. The number of hydrogen-bond acceptors (Lipinski definition) is 4. The predicted molar refractivity (Wildman–Crippen MR) is 118 cm³/mol. The molecule has 2 saturated heterocycles. The minimum Gasteiger partial charge on any atom is -0.493 e. The lowest BCUT2D eigenvalue weighted by Crippen LogP contribution is -2.45. The van der Waals surface area contributed by atoms with E-state index in [9.17, 15) is 9.59 Å². The smallest absolute Gasteiger partial charge is 0.246 e. The van der Waals surface area contributed by atoms with Crippen molar-refractivity contribution in [1.82, 2.24) is 9.80 Å². The van der Waals surface area contributed by atoms with Gasteiger partial charge in [0.1, 0.15) is 0 Å². The van der Waals surface area contributed by atoms with Gasteiger partial charge in [-0.1, -0.05) is 11.6 Å². The van der Waals surface area contributed by atoms with Crippen molar-refractivity contribution in [3.63, 3.8) is 0 Å². The van der Waals surface area contributed by atoms with E-state index >= 15 is 0 Å². The first-order chi connectivity index (χ1) is 14.5. The molecular weight excluding hydrogens is 404 g/mol. The van der Waals surface area contributed by atoms with Crippen LogP contribution in [0.3, 0.4) is 0 Å². The molecule has 1 aromatic rings. The van der Waals surface area contributed by atoms with Crippen molar-refractivity contribution in [3.8, 4) is 11.5 Å². The lowest BCUT2D eigenvalue weighted by Gasteiger charge is -2.35. The van der Waals surface area contributed by atoms with Gasteiger partial charge in [-0.15, -0.1) is 0 Å². The Labute approximate surface area is 183 Å². The van der Waals surface area contributed by atoms with Crippen molar-refractivity contribution in [1.29, 1.82) is 0 Å². The van der Waals surface area contributed by atoms with Crippen LogP contribution in [0.25, 0.3) is 6.08 Å². The van der Waals surface area contributed by atoms with Crippen LogP contribution in [0.5, 0.6) is 11.5 Å². The molecular formula is C23H31ClN2O4. The highest BCUT2D eigenvalue weighted by atomic mass is 35.5. The van der Waals surface area contributed by atoms with Gasteiger partial charge in [0.05, 0.1) is 18.7 Å². The number of likely N-dealkylation sites (tertiary alicyclic amines) is 2. The maximum Gasteiger partial charge on any atom is 0.246 e. The Bertz CT molecular complexity index is 782. The van der Waals surface area contributed by atoms with Crippen molar-refractivity contribution < 1.29 is 19.1 Å². The Balaban J connectivity index is 1.56. The van der Waals surface area contributed by atoms with Gasteiger partial charge in [0.25, 0.3) is 0 Å². The number of methoxy groups -OCH3 is 1. The van der Waals surface area contributed by atoms with E-state index in [0.29, 0.717) is 36.2 Å². The first-order valence-corrected chi connectivity index (χ1v) is 11.2. The van der Waals surface area contributed by atoms with Crippen molar-refractivity contribution >= 4 is 29.5 Å². The standard InChI is InChI=1S/C23H31ClN2O4/c1-3-30-22-19(24)15-17(16-20(22)29-2)7-8-21(27)25-13-9-18(10-14-25)23(28)26-11-5-4-6-12-26/h7-8,15-16,18H,3-6,9-14H2,1-2H3/b8-7+. The third kappa shape index (κ3) is 5.48. The summed E-state index contributed by atoms with van der Waals surface area (Å²) >= 11 is 6.30. The molecule has 1 aromatic carbocycles. The number of rotatable bonds is 6. The van der Waals surface area contributed by atoms with Crippen LogP contribution in [-0.4, -0.2) is 61.5 Å². The third-order valence-corrected chi connectivity index (χ3v) is 6.06. The zero-order valence-corrected chi connectivity index (χ0v) is 18.6. The zero-order chi connectivity index (χ0) is 21.5. The maximum atomic E-state index is 12.7. The van der Waals surface area contributed by atoms with Gasteiger partial charge in [-0.2, -0.15) is 0 Å². The summed E-state index contributed by atoms with van der Waals surface area (Å²) in [5, 5.41) is 0.445. The number of carbonyl (C=O) groups is 2. The molecule has 7 heteroatoms. The van der Waals surface area contributed by atoms with Crippen LogP contribution >= 0.6 is 11.6 Å². The Hall–Kier alpha value is -2.21. The first-order valence-electron chi connectivity index (χ1n) is 10.8. The lowest BCUT2D eigenvalue weighted by molar-refractivity contribution is -0.140. The van der Waals surface area contributed by atoms with E-state index < -0.39 is 0 Å². The van der Waals surface area contributed by atoms with Crippen LogP contribution in [0.4, 0.5) is 0 Å². The molecule has 0 N–H and O–H groups in total. The molecule has 0 unspecified atom stereocenters. The molecule has 6 nitrogen and oxygen atoms in total. The van der Waals surface area contributed by atoms with E-state index in [2.05, 4.69) is 0 Å². The highest BCUT2D eigenvalue weighted by Gasteiger charge is 2.30. The van der Waals surface area contributed by atoms with Crippen molar-refractivity contribution in [2.24, 2.45) is 5.92 Å². The van der Waals surface area contributed by atoms with E-state index in [1.165, 1.54) is 6.42 Å². The molecule has 2 aliphatic rings. The molecule has 2 amide bonds. The molecule has 0 atom stereocenters. The second-order valence-electron chi connectivity index (χ2n) is 7.79. The van der Waals surface area contributed by atoms with Gasteiger partial charge < -0.3 is 19.3 Å². The molecule has 0 saturated carbocycles. The summed E-state index contributed by atoms with van der Waals surface area (Å²) in [5.74, 6) is 1.31. The molecule has 3 rings (SSSR count). The van der Waals surface area contributed by atoms with Crippen LogP contribution < -0.4 is 9.47 Å². The van der Waals surface area contributed by atoms with E-state index in [1.54, 1.807) is 31.4 Å². The summed E-state index contributed by atoms with van der Waals surface area (Å²) in [5.41, 5.74) is 0.767. The topological polar surface area (TPSA) is 59.1 Å². The Morgan fingerprint density at radius 1 is 1.10 bits per heavy atom. The Kier molecular flexibility index (Phi) is 8.02. The number of halogens is 1. The van der Waals surface area contributed by atoms with Gasteiger partial charge in [-0.3, -0.25) is 9.59 Å². The van der Waals surface area contributed by atoms with Crippen molar-refractivity contribution in [3.05, 3.63) is 28.8 Å². The number of nitrogens with zero attached hydrogens (tertiary/aromatic N) is 2. The summed E-state index contributed by atoms with van der Waals surface area (Å²) in [6, 6.07) is 3.55. The second kappa shape index (κ2) is 10.7. The largest absolute Gasteiger partial charge is 0.493 e. The highest BCUT2D eigenvalue weighted by Crippen LogP contribution is 2.36. The number of ether oxygens (including phenoxy) is 2. The molecule has 0 bridgehead atoms.